The molecule has 1 fully saturated rings. The van der Waals surface area contributed by atoms with Gasteiger partial charge in [0.1, 0.15) is 18.0 Å². The summed E-state index contributed by atoms with van der Waals surface area (Å²) in [5.41, 5.74) is 7.15. The van der Waals surface area contributed by atoms with E-state index in [0.717, 1.165) is 53.2 Å². The summed E-state index contributed by atoms with van der Waals surface area (Å²) in [5.74, 6) is -0.883. The van der Waals surface area contributed by atoms with Crippen LogP contribution in [-0.2, 0) is 16.2 Å². The zero-order chi connectivity index (χ0) is 35.8. The summed E-state index contributed by atoms with van der Waals surface area (Å²) in [7, 11) is 1.49. The zero-order valence-corrected chi connectivity index (χ0v) is 28.6. The van der Waals surface area contributed by atoms with Gasteiger partial charge in [-0.3, -0.25) is 14.9 Å². The Morgan fingerprint density at radius 3 is 1.98 bits per heavy atom. The van der Waals surface area contributed by atoms with Gasteiger partial charge in [-0.15, -0.1) is 0 Å². The van der Waals surface area contributed by atoms with Crippen molar-refractivity contribution in [3.8, 4) is 11.5 Å². The van der Waals surface area contributed by atoms with Gasteiger partial charge in [0.2, 0.25) is 0 Å². The summed E-state index contributed by atoms with van der Waals surface area (Å²) >= 11 is 0. The van der Waals surface area contributed by atoms with Crippen molar-refractivity contribution < 1.29 is 28.2 Å². The Morgan fingerprint density at radius 2 is 1.38 bits per heavy atom. The van der Waals surface area contributed by atoms with E-state index in [0.29, 0.717) is 22.7 Å². The van der Waals surface area contributed by atoms with Crippen LogP contribution in [0.5, 0.6) is 11.5 Å². The maximum atomic E-state index is 14.3. The summed E-state index contributed by atoms with van der Waals surface area (Å²) in [4.78, 5) is 44.6. The Bertz CT molecular complexity index is 2130. The molecular weight excluding hydrogens is 657 g/mol. The quantitative estimate of drug-likeness (QED) is 0.131. The number of amides is 4. The van der Waals surface area contributed by atoms with Crippen LogP contribution in [0.25, 0.3) is 6.08 Å². The average molecular weight is 694 g/mol. The number of carbonyl (C=O) groups is 3. The van der Waals surface area contributed by atoms with Crippen molar-refractivity contribution in [2.24, 2.45) is 0 Å². The number of ether oxygens (including phenoxy) is 2. The lowest BCUT2D eigenvalue weighted by Crippen LogP contribution is -2.54. The van der Waals surface area contributed by atoms with E-state index in [1.807, 2.05) is 48.5 Å². The summed E-state index contributed by atoms with van der Waals surface area (Å²) in [6, 6.07) is 34.8. The predicted molar refractivity (Wildman–Crippen MR) is 197 cm³/mol. The number of urea groups is 1. The Balaban J connectivity index is 1.17. The molecule has 0 bridgehead atoms. The summed E-state index contributed by atoms with van der Waals surface area (Å²) < 4.78 is 24.8. The molecule has 8 rings (SSSR count). The van der Waals surface area contributed by atoms with Gasteiger partial charge < -0.3 is 14.4 Å². The van der Waals surface area contributed by atoms with E-state index in [9.17, 15) is 18.8 Å². The number of carbonyl (C=O) groups excluding carboxylic acids is 3. The van der Waals surface area contributed by atoms with Gasteiger partial charge in [0.05, 0.1) is 12.8 Å². The lowest BCUT2D eigenvalue weighted by molar-refractivity contribution is -0.122. The third kappa shape index (κ3) is 6.19. The zero-order valence-electron chi connectivity index (χ0n) is 28.6. The third-order valence-electron chi connectivity index (χ3n) is 10.2. The molecule has 0 unspecified atom stereocenters. The lowest BCUT2D eigenvalue weighted by Gasteiger charge is -2.44. The van der Waals surface area contributed by atoms with Gasteiger partial charge in [0.15, 0.2) is 11.5 Å². The highest BCUT2D eigenvalue weighted by Crippen LogP contribution is 2.50. The molecule has 52 heavy (non-hydrogen) atoms. The molecule has 9 heteroatoms. The van der Waals surface area contributed by atoms with E-state index in [-0.39, 0.29) is 29.8 Å². The number of benzene rings is 5. The molecule has 0 aliphatic carbocycles. The molecule has 0 radical (unpaired) electrons. The molecule has 2 atom stereocenters. The van der Waals surface area contributed by atoms with Crippen LogP contribution >= 0.6 is 0 Å². The van der Waals surface area contributed by atoms with Crippen molar-refractivity contribution >= 4 is 35.3 Å². The fraction of sp³-hybridized carbons (Fsp3) is 0.186. The topological polar surface area (TPSA) is 88.2 Å². The van der Waals surface area contributed by atoms with Gasteiger partial charge in [-0.1, -0.05) is 78.9 Å². The van der Waals surface area contributed by atoms with Crippen molar-refractivity contribution in [2.45, 2.75) is 31.3 Å². The molecule has 8 nitrogen and oxygen atoms in total. The highest BCUT2D eigenvalue weighted by Gasteiger charge is 2.40. The highest BCUT2D eigenvalue weighted by atomic mass is 19.1. The second kappa shape index (κ2) is 13.8. The fourth-order valence-corrected chi connectivity index (χ4v) is 7.66. The maximum absolute atomic E-state index is 14.3. The van der Waals surface area contributed by atoms with E-state index in [2.05, 4.69) is 34.5 Å². The van der Waals surface area contributed by atoms with E-state index in [4.69, 9.17) is 9.47 Å². The molecule has 5 aromatic carbocycles. The van der Waals surface area contributed by atoms with Gasteiger partial charge in [-0.2, -0.15) is 0 Å². The smallest absolute Gasteiger partial charge is 0.335 e. The highest BCUT2D eigenvalue weighted by molar-refractivity contribution is 6.39. The average Bonchev–Trinajstić information content (AvgIpc) is 3.17. The minimum atomic E-state index is -0.794. The molecule has 0 aromatic heterocycles. The fourth-order valence-electron chi connectivity index (χ4n) is 7.66. The molecule has 3 aliphatic heterocycles. The number of barbiturate groups is 1. The van der Waals surface area contributed by atoms with Crippen molar-refractivity contribution in [1.29, 1.82) is 0 Å². The number of nitrogens with one attached hydrogen (secondary N) is 1. The molecule has 1 saturated heterocycles. The Labute approximate surface area is 301 Å². The lowest BCUT2D eigenvalue weighted by atomic mass is 9.76. The number of hydrogen-bond donors (Lipinski definition) is 1. The summed E-state index contributed by atoms with van der Waals surface area (Å²) in [5, 5.41) is 2.40. The minimum absolute atomic E-state index is 0.0662. The van der Waals surface area contributed by atoms with Crippen molar-refractivity contribution in [3.63, 3.8) is 0 Å². The first-order chi connectivity index (χ1) is 25.4. The first kappa shape index (κ1) is 33.0. The molecule has 1 N–H and O–H groups in total. The van der Waals surface area contributed by atoms with Crippen molar-refractivity contribution in [3.05, 3.63) is 160 Å². The number of anilines is 2. The first-order valence-electron chi connectivity index (χ1n) is 17.4. The number of methoxy groups -OCH3 is 1. The van der Waals surface area contributed by atoms with Crippen LogP contribution in [0.15, 0.2) is 121 Å². The molecular formula is C43H36FN3O5. The van der Waals surface area contributed by atoms with Crippen molar-refractivity contribution in [2.75, 3.05) is 30.0 Å². The van der Waals surface area contributed by atoms with Gasteiger partial charge >= 0.3 is 6.03 Å². The van der Waals surface area contributed by atoms with Crippen LogP contribution < -0.4 is 24.6 Å². The monoisotopic (exact) mass is 693 g/mol. The molecule has 5 aromatic rings. The number of hydrogen-bond acceptors (Lipinski definition) is 6. The van der Waals surface area contributed by atoms with Gasteiger partial charge in [0, 0.05) is 30.6 Å². The van der Waals surface area contributed by atoms with E-state index >= 15 is 0 Å². The number of halogens is 1. The van der Waals surface area contributed by atoms with Gasteiger partial charge in [-0.25, -0.2) is 14.1 Å². The van der Waals surface area contributed by atoms with Gasteiger partial charge in [-0.05, 0) is 88.7 Å². The Hall–Kier alpha value is -6.22. The maximum Gasteiger partial charge on any atom is 0.335 e. The number of imide groups is 2. The van der Waals surface area contributed by atoms with Crippen LogP contribution in [0.1, 0.15) is 58.1 Å². The molecule has 4 amide bonds. The van der Waals surface area contributed by atoms with E-state index in [1.165, 1.54) is 36.4 Å². The molecule has 0 saturated carbocycles. The van der Waals surface area contributed by atoms with Gasteiger partial charge in [0.25, 0.3) is 11.8 Å². The van der Waals surface area contributed by atoms with Crippen LogP contribution in [0.2, 0.25) is 0 Å². The van der Waals surface area contributed by atoms with E-state index < -0.39 is 17.8 Å². The second-order valence-corrected chi connectivity index (χ2v) is 13.2. The predicted octanol–water partition coefficient (Wildman–Crippen LogP) is 7.96. The molecule has 3 heterocycles. The van der Waals surface area contributed by atoms with Crippen LogP contribution in [0.4, 0.5) is 20.6 Å². The SMILES string of the molecule is COc1cc(/C=C2\C(=O)NC(=O)N(c3cc4c5c(c3)[C@H](c3ccccc3)CCN5CC[C@H]4c3ccccc3)C2=O)ccc1OCc1ccc(F)cc1. The molecule has 260 valence electrons. The standard InChI is InChI=1S/C43H36FN3O5/c1-51-39-23-28(14-17-38(39)52-26-27-12-15-31(44)16-13-27)22-37-41(48)45-43(50)47(42(37)49)32-24-35-33(29-8-4-2-5-9-29)18-20-46-21-19-34(36(25-32)40(35)46)30-10-6-3-7-11-30/h2-17,22-25,33-34H,18-21,26H2,1H3,(H,45,48,50)/b37-22+/t33-,34-/m0/s1. The third-order valence-corrected chi connectivity index (χ3v) is 10.2. The first-order valence-corrected chi connectivity index (χ1v) is 17.4. The normalized spacial score (nSPS) is 19.0. The minimum Gasteiger partial charge on any atom is -0.493 e. The van der Waals surface area contributed by atoms with Crippen molar-refractivity contribution in [1.82, 2.24) is 5.32 Å². The van der Waals surface area contributed by atoms with Crippen LogP contribution in [0.3, 0.4) is 0 Å². The van der Waals surface area contributed by atoms with Crippen LogP contribution in [0, 0.1) is 5.82 Å². The van der Waals surface area contributed by atoms with Crippen LogP contribution in [-0.4, -0.2) is 38.0 Å². The largest absolute Gasteiger partial charge is 0.493 e. The Kier molecular flexibility index (Phi) is 8.76. The van der Waals surface area contributed by atoms with E-state index in [1.54, 1.807) is 30.3 Å². The second-order valence-electron chi connectivity index (χ2n) is 13.2. The number of rotatable bonds is 8. The molecule has 0 spiro atoms. The Morgan fingerprint density at radius 1 is 0.769 bits per heavy atom. The molecule has 3 aliphatic rings. The summed E-state index contributed by atoms with van der Waals surface area (Å²) in [6.07, 6.45) is 3.24. The summed E-state index contributed by atoms with van der Waals surface area (Å²) in [6.45, 7) is 2.00. The number of nitrogens with zero attached hydrogens (tertiary/aromatic N) is 2.